The molecule has 8 nitrogen and oxygen atoms in total. The molecule has 3 fully saturated rings. The van der Waals surface area contributed by atoms with Gasteiger partial charge in [0.2, 0.25) is 10.0 Å². The van der Waals surface area contributed by atoms with Crippen molar-refractivity contribution in [1.82, 2.24) is 0 Å². The van der Waals surface area contributed by atoms with Crippen LogP contribution in [0.1, 0.15) is 48.9 Å². The molecule has 0 atom stereocenters. The number of carbonyl (C=O) groups excluding carboxylic acids is 1. The van der Waals surface area contributed by atoms with Gasteiger partial charge in [-0.3, -0.25) is 9.52 Å². The van der Waals surface area contributed by atoms with Gasteiger partial charge >= 0.3 is 0 Å². The lowest BCUT2D eigenvalue weighted by atomic mass is 9.93. The van der Waals surface area contributed by atoms with Crippen LogP contribution in [0.15, 0.2) is 54.6 Å². The minimum atomic E-state index is -3.74. The maximum atomic E-state index is 13.9. The number of aliphatic hydroxyl groups is 1. The molecule has 3 N–H and O–H groups in total. The Morgan fingerprint density at radius 3 is 2.17 bits per heavy atom. The van der Waals surface area contributed by atoms with Gasteiger partial charge in [-0.15, -0.1) is 0 Å². The summed E-state index contributed by atoms with van der Waals surface area (Å²) in [5.41, 5.74) is 3.17. The molecule has 1 saturated carbocycles. The minimum absolute atomic E-state index is 0.215. The van der Waals surface area contributed by atoms with Crippen molar-refractivity contribution in [3.05, 3.63) is 60.2 Å². The number of aliphatic hydroxyl groups excluding tert-OH is 1. The Labute approximate surface area is 244 Å². The van der Waals surface area contributed by atoms with Crippen LogP contribution in [-0.4, -0.2) is 63.9 Å². The number of anilines is 4. The molecule has 0 bridgehead atoms. The van der Waals surface area contributed by atoms with E-state index in [0.717, 1.165) is 42.4 Å². The van der Waals surface area contributed by atoms with Crippen LogP contribution in [0, 0.1) is 5.41 Å². The number of piperidine rings is 2. The summed E-state index contributed by atoms with van der Waals surface area (Å²) in [6, 6.07) is 16.3. The summed E-state index contributed by atoms with van der Waals surface area (Å²) in [5.74, 6) is -3.43. The Morgan fingerprint density at radius 2 is 1.48 bits per heavy atom. The zero-order valence-corrected chi connectivity index (χ0v) is 24.2. The summed E-state index contributed by atoms with van der Waals surface area (Å²) in [6.45, 7) is 1.50. The maximum absolute atomic E-state index is 13.9. The molecule has 0 aromatic heterocycles. The molecule has 224 valence electrons. The predicted molar refractivity (Wildman–Crippen MR) is 162 cm³/mol. The Bertz CT molecular complexity index is 1590. The van der Waals surface area contributed by atoms with Crippen molar-refractivity contribution < 1.29 is 27.1 Å². The first-order chi connectivity index (χ1) is 20.1. The third-order valence-electron chi connectivity index (χ3n) is 8.93. The second-order valence-electron chi connectivity index (χ2n) is 11.9. The quantitative estimate of drug-likeness (QED) is 0.319. The van der Waals surface area contributed by atoms with E-state index < -0.39 is 28.3 Å². The number of halogens is 2. The average molecular weight is 599 g/mol. The Morgan fingerprint density at radius 1 is 0.833 bits per heavy atom. The lowest BCUT2D eigenvalue weighted by molar-refractivity contribution is -0.0220. The highest BCUT2D eigenvalue weighted by Gasteiger charge is 2.44. The van der Waals surface area contributed by atoms with Gasteiger partial charge in [0.15, 0.2) is 0 Å². The number of hydrogen-bond acceptors (Lipinski definition) is 6. The number of amides is 1. The Hall–Kier alpha value is -3.44. The summed E-state index contributed by atoms with van der Waals surface area (Å²) in [5, 5.41) is 14.0. The van der Waals surface area contributed by atoms with E-state index in [-0.39, 0.29) is 31.8 Å². The monoisotopic (exact) mass is 598 g/mol. The van der Waals surface area contributed by atoms with Gasteiger partial charge in [-0.05, 0) is 66.8 Å². The van der Waals surface area contributed by atoms with E-state index >= 15 is 0 Å². The van der Waals surface area contributed by atoms with Gasteiger partial charge in [-0.2, -0.15) is 0 Å². The fourth-order valence-corrected chi connectivity index (χ4v) is 7.02. The Kier molecular flexibility index (Phi) is 7.51. The van der Waals surface area contributed by atoms with E-state index in [1.54, 1.807) is 18.2 Å². The molecule has 2 aliphatic heterocycles. The number of nitrogens with zero attached hydrogens (tertiary/aromatic N) is 2. The van der Waals surface area contributed by atoms with Crippen LogP contribution in [0.25, 0.3) is 10.8 Å². The molecule has 0 radical (unpaired) electrons. The Balaban J connectivity index is 1.30. The maximum Gasteiger partial charge on any atom is 0.257 e. The van der Waals surface area contributed by atoms with E-state index in [2.05, 4.69) is 14.9 Å². The van der Waals surface area contributed by atoms with Gasteiger partial charge in [-0.1, -0.05) is 24.3 Å². The summed E-state index contributed by atoms with van der Waals surface area (Å²) in [4.78, 5) is 17.9. The van der Waals surface area contributed by atoms with Crippen LogP contribution in [0.2, 0.25) is 0 Å². The van der Waals surface area contributed by atoms with Crippen molar-refractivity contribution in [3.8, 4) is 0 Å². The third kappa shape index (κ3) is 6.17. The van der Waals surface area contributed by atoms with Crippen molar-refractivity contribution in [2.45, 2.75) is 44.4 Å². The molecular formula is C31H36F2N4O4S. The molecule has 0 unspecified atom stereocenters. The molecule has 11 heteroatoms. The number of sulfonamides is 1. The SMILES string of the molecule is O=C(Nc1cc(N2CCC(F)(F)CC2)c2ccccc2c1)c1ccc(NS(=O)(=O)CCO)cc1N1CCC2(CC1)CC2. The summed E-state index contributed by atoms with van der Waals surface area (Å²) in [7, 11) is -3.74. The molecule has 3 aromatic rings. The summed E-state index contributed by atoms with van der Waals surface area (Å²) < 4.78 is 55.0. The lowest BCUT2D eigenvalue weighted by Crippen LogP contribution is -2.39. The molecule has 42 heavy (non-hydrogen) atoms. The van der Waals surface area contributed by atoms with E-state index in [9.17, 15) is 22.0 Å². The number of fused-ring (bicyclic) bond motifs is 1. The van der Waals surface area contributed by atoms with Crippen LogP contribution in [0.5, 0.6) is 0 Å². The minimum Gasteiger partial charge on any atom is -0.395 e. The number of carbonyl (C=O) groups is 1. The molecule has 6 rings (SSSR count). The highest BCUT2D eigenvalue weighted by atomic mass is 32.2. The third-order valence-corrected chi connectivity index (χ3v) is 10.2. The van der Waals surface area contributed by atoms with Crippen molar-refractivity contribution in [1.29, 1.82) is 0 Å². The van der Waals surface area contributed by atoms with Crippen molar-refractivity contribution in [2.24, 2.45) is 5.41 Å². The highest BCUT2D eigenvalue weighted by Crippen LogP contribution is 2.54. The summed E-state index contributed by atoms with van der Waals surface area (Å²) >= 11 is 0. The lowest BCUT2D eigenvalue weighted by Gasteiger charge is -2.35. The van der Waals surface area contributed by atoms with Gasteiger partial charge in [0, 0.05) is 55.8 Å². The molecule has 1 amide bonds. The number of benzene rings is 3. The van der Waals surface area contributed by atoms with Crippen LogP contribution in [0.4, 0.5) is 31.5 Å². The van der Waals surface area contributed by atoms with Crippen molar-refractivity contribution in [3.63, 3.8) is 0 Å². The average Bonchev–Trinajstić information content (AvgIpc) is 3.71. The van der Waals surface area contributed by atoms with Crippen molar-refractivity contribution >= 4 is 49.5 Å². The number of alkyl halides is 2. The fraction of sp³-hybridized carbons (Fsp3) is 0.452. The van der Waals surface area contributed by atoms with Crippen LogP contribution in [-0.2, 0) is 10.0 Å². The zero-order valence-electron chi connectivity index (χ0n) is 23.4. The topological polar surface area (TPSA) is 102 Å². The standard InChI is InChI=1S/C31H36F2N4O4S/c32-31(33)11-15-37(16-12-31)27-21-24(19-22-3-1-2-4-25(22)27)34-29(39)26-6-5-23(35-42(40,41)18-17-38)20-28(26)36-13-9-30(7-8-30)10-14-36/h1-6,19-21,35,38H,7-18H2,(H,34,39). The second-order valence-corrected chi connectivity index (χ2v) is 13.7. The number of rotatable bonds is 8. The van der Waals surface area contributed by atoms with E-state index in [1.165, 1.54) is 12.8 Å². The zero-order chi connectivity index (χ0) is 29.5. The normalized spacial score (nSPS) is 19.6. The highest BCUT2D eigenvalue weighted by molar-refractivity contribution is 7.92. The van der Waals surface area contributed by atoms with Crippen LogP contribution < -0.4 is 19.8 Å². The molecular weight excluding hydrogens is 562 g/mol. The molecule has 2 saturated heterocycles. The number of hydrogen-bond donors (Lipinski definition) is 3. The predicted octanol–water partition coefficient (Wildman–Crippen LogP) is 5.44. The van der Waals surface area contributed by atoms with Crippen LogP contribution >= 0.6 is 0 Å². The number of nitrogens with one attached hydrogen (secondary N) is 2. The smallest absolute Gasteiger partial charge is 0.257 e. The first kappa shape index (κ1) is 28.7. The molecule has 1 spiro atoms. The fourth-order valence-electron chi connectivity index (χ4n) is 6.20. The van der Waals surface area contributed by atoms with E-state index in [0.29, 0.717) is 28.0 Å². The largest absolute Gasteiger partial charge is 0.395 e. The van der Waals surface area contributed by atoms with Gasteiger partial charge in [0.25, 0.3) is 11.8 Å². The molecule has 3 aromatic carbocycles. The van der Waals surface area contributed by atoms with E-state index in [4.69, 9.17) is 5.11 Å². The first-order valence-electron chi connectivity index (χ1n) is 14.5. The summed E-state index contributed by atoms with van der Waals surface area (Å²) in [6.07, 6.45) is 4.08. The molecule has 3 aliphatic rings. The van der Waals surface area contributed by atoms with E-state index in [1.807, 2.05) is 41.3 Å². The van der Waals surface area contributed by atoms with Crippen LogP contribution in [0.3, 0.4) is 0 Å². The van der Waals surface area contributed by atoms with Gasteiger partial charge < -0.3 is 20.2 Å². The van der Waals surface area contributed by atoms with Crippen molar-refractivity contribution in [2.75, 3.05) is 58.4 Å². The first-order valence-corrected chi connectivity index (χ1v) is 16.2. The van der Waals surface area contributed by atoms with Gasteiger partial charge in [0.1, 0.15) is 0 Å². The van der Waals surface area contributed by atoms with Gasteiger partial charge in [-0.25, -0.2) is 17.2 Å². The second kappa shape index (κ2) is 11.0. The molecule has 1 aliphatic carbocycles. The van der Waals surface area contributed by atoms with Gasteiger partial charge in [0.05, 0.1) is 29.3 Å². The molecule has 2 heterocycles.